The number of likely N-dealkylation sites (N-methyl/N-ethyl adjacent to an activating group) is 1. The summed E-state index contributed by atoms with van der Waals surface area (Å²) in [5.74, 6) is 0.306. The van der Waals surface area contributed by atoms with Crippen molar-refractivity contribution in [3.05, 3.63) is 41.1 Å². The molecule has 3 aromatic rings. The van der Waals surface area contributed by atoms with Gasteiger partial charge >= 0.3 is 0 Å². The lowest BCUT2D eigenvalue weighted by atomic mass is 10.1. The Morgan fingerprint density at radius 3 is 2.71 bits per heavy atom. The molecule has 0 fully saturated rings. The van der Waals surface area contributed by atoms with Gasteiger partial charge in [-0.1, -0.05) is 32.9 Å². The fourth-order valence-corrected chi connectivity index (χ4v) is 3.54. The molecule has 0 radical (unpaired) electrons. The van der Waals surface area contributed by atoms with E-state index < -0.39 is 0 Å². The number of halogens is 1. The fraction of sp³-hybridized carbons (Fsp3) is 0.450. The maximum Gasteiger partial charge on any atom is 0.231 e. The van der Waals surface area contributed by atoms with E-state index in [1.807, 2.05) is 37.4 Å². The topological polar surface area (TPSA) is 68.0 Å². The molecular weight excluding hydrogens is 420 g/mol. The fourth-order valence-electron chi connectivity index (χ4n) is 3.21. The molecule has 0 spiro atoms. The highest BCUT2D eigenvalue weighted by Crippen LogP contribution is 2.20. The average molecular weight is 447 g/mol. The minimum Gasteiger partial charge on any atom is -0.309 e. The predicted octanol–water partition coefficient (Wildman–Crippen LogP) is 3.61. The lowest BCUT2D eigenvalue weighted by molar-refractivity contribution is -0.119. The van der Waals surface area contributed by atoms with Crippen LogP contribution in [0, 0.1) is 5.92 Å². The molecule has 0 saturated heterocycles. The third-order valence-corrected chi connectivity index (χ3v) is 5.34. The van der Waals surface area contributed by atoms with E-state index in [0.29, 0.717) is 12.5 Å². The molecule has 2 aromatic heterocycles. The van der Waals surface area contributed by atoms with Crippen LogP contribution in [0.2, 0.25) is 0 Å². The molecule has 7 nitrogen and oxygen atoms in total. The van der Waals surface area contributed by atoms with Crippen LogP contribution in [-0.4, -0.2) is 49.8 Å². The Morgan fingerprint density at radius 1 is 1.29 bits per heavy atom. The van der Waals surface area contributed by atoms with Gasteiger partial charge < -0.3 is 9.47 Å². The van der Waals surface area contributed by atoms with Crippen LogP contribution in [0.1, 0.15) is 20.8 Å². The normalized spacial score (nSPS) is 12.6. The second kappa shape index (κ2) is 9.34. The molecule has 1 atom stereocenters. The van der Waals surface area contributed by atoms with Gasteiger partial charge in [-0.05, 0) is 41.2 Å². The molecule has 0 aliphatic heterocycles. The number of benzene rings is 1. The van der Waals surface area contributed by atoms with Crippen LogP contribution >= 0.6 is 15.9 Å². The SMILES string of the molecule is CCN(CC)CCn1c(NC(=O)C(C)Cn2cc(Br)cn2)nc2ccccc21. The van der Waals surface area contributed by atoms with Gasteiger partial charge in [0.25, 0.3) is 0 Å². The van der Waals surface area contributed by atoms with Crippen LogP contribution in [0.3, 0.4) is 0 Å². The van der Waals surface area contributed by atoms with E-state index in [0.717, 1.165) is 41.7 Å². The lowest BCUT2D eigenvalue weighted by Gasteiger charge is -2.19. The highest BCUT2D eigenvalue weighted by Gasteiger charge is 2.19. The number of nitrogens with zero attached hydrogens (tertiary/aromatic N) is 5. The Morgan fingerprint density at radius 2 is 2.04 bits per heavy atom. The smallest absolute Gasteiger partial charge is 0.231 e. The number of hydrogen-bond acceptors (Lipinski definition) is 4. The van der Waals surface area contributed by atoms with Crippen molar-refractivity contribution in [1.82, 2.24) is 24.2 Å². The van der Waals surface area contributed by atoms with Crippen molar-refractivity contribution in [1.29, 1.82) is 0 Å². The van der Waals surface area contributed by atoms with E-state index in [1.54, 1.807) is 10.9 Å². The molecule has 0 saturated carbocycles. The summed E-state index contributed by atoms with van der Waals surface area (Å²) < 4.78 is 4.76. The molecule has 150 valence electrons. The highest BCUT2D eigenvalue weighted by atomic mass is 79.9. The van der Waals surface area contributed by atoms with E-state index in [1.165, 1.54) is 0 Å². The lowest BCUT2D eigenvalue weighted by Crippen LogP contribution is -2.29. The first kappa shape index (κ1) is 20.5. The number of carbonyl (C=O) groups is 1. The Hall–Kier alpha value is -2.19. The number of amides is 1. The van der Waals surface area contributed by atoms with E-state index in [4.69, 9.17) is 0 Å². The van der Waals surface area contributed by atoms with Crippen LogP contribution in [0.25, 0.3) is 11.0 Å². The van der Waals surface area contributed by atoms with Crippen LogP contribution in [0.5, 0.6) is 0 Å². The van der Waals surface area contributed by atoms with Crippen LogP contribution in [0.4, 0.5) is 5.95 Å². The zero-order valence-electron chi connectivity index (χ0n) is 16.6. The van der Waals surface area contributed by atoms with Gasteiger partial charge in [0, 0.05) is 19.3 Å². The number of imidazole rings is 1. The van der Waals surface area contributed by atoms with Crippen LogP contribution < -0.4 is 5.32 Å². The van der Waals surface area contributed by atoms with Crippen molar-refractivity contribution in [2.45, 2.75) is 33.9 Å². The molecule has 1 N–H and O–H groups in total. The molecule has 0 bridgehead atoms. The Labute approximate surface area is 173 Å². The first-order valence-electron chi connectivity index (χ1n) is 9.68. The maximum atomic E-state index is 12.8. The summed E-state index contributed by atoms with van der Waals surface area (Å²) in [6.07, 6.45) is 3.58. The summed E-state index contributed by atoms with van der Waals surface area (Å²) in [6, 6.07) is 7.99. The molecule has 0 aliphatic carbocycles. The van der Waals surface area contributed by atoms with Gasteiger partial charge in [-0.15, -0.1) is 0 Å². The minimum atomic E-state index is -0.233. The second-order valence-corrected chi connectivity index (χ2v) is 7.79. The van der Waals surface area contributed by atoms with Gasteiger partial charge in [-0.3, -0.25) is 14.8 Å². The number of aromatic nitrogens is 4. The number of para-hydroxylation sites is 2. The third-order valence-electron chi connectivity index (χ3n) is 4.93. The summed E-state index contributed by atoms with van der Waals surface area (Å²) in [4.78, 5) is 19.8. The molecular formula is C20H27BrN6O. The minimum absolute atomic E-state index is 0.0639. The largest absolute Gasteiger partial charge is 0.309 e. The molecule has 28 heavy (non-hydrogen) atoms. The van der Waals surface area contributed by atoms with Crippen molar-refractivity contribution in [2.75, 3.05) is 25.0 Å². The number of hydrogen-bond donors (Lipinski definition) is 1. The molecule has 8 heteroatoms. The number of nitrogens with one attached hydrogen (secondary N) is 1. The summed E-state index contributed by atoms with van der Waals surface area (Å²) in [5.41, 5.74) is 1.93. The number of anilines is 1. The quantitative estimate of drug-likeness (QED) is 0.544. The van der Waals surface area contributed by atoms with E-state index in [-0.39, 0.29) is 11.8 Å². The maximum absolute atomic E-state index is 12.8. The predicted molar refractivity (Wildman–Crippen MR) is 115 cm³/mol. The zero-order valence-corrected chi connectivity index (χ0v) is 18.2. The van der Waals surface area contributed by atoms with Gasteiger partial charge in [0.05, 0.1) is 34.2 Å². The Kier molecular flexibility index (Phi) is 6.85. The number of rotatable bonds is 9. The van der Waals surface area contributed by atoms with Crippen molar-refractivity contribution in [3.63, 3.8) is 0 Å². The average Bonchev–Trinajstić information content (AvgIpc) is 3.25. The van der Waals surface area contributed by atoms with E-state index >= 15 is 0 Å². The molecule has 0 aliphatic rings. The van der Waals surface area contributed by atoms with Crippen molar-refractivity contribution < 1.29 is 4.79 Å². The Bertz CT molecular complexity index is 930. The monoisotopic (exact) mass is 446 g/mol. The summed E-state index contributed by atoms with van der Waals surface area (Å²) in [5, 5.41) is 7.26. The van der Waals surface area contributed by atoms with Crippen molar-refractivity contribution in [3.8, 4) is 0 Å². The van der Waals surface area contributed by atoms with E-state index in [2.05, 4.69) is 54.6 Å². The Balaban J connectivity index is 1.77. The third kappa shape index (κ3) is 4.80. The number of fused-ring (bicyclic) bond motifs is 1. The molecule has 1 amide bonds. The molecule has 1 aromatic carbocycles. The summed E-state index contributed by atoms with van der Waals surface area (Å²) >= 11 is 3.38. The number of carbonyl (C=O) groups excluding carboxylic acids is 1. The van der Waals surface area contributed by atoms with Gasteiger partial charge in [0.1, 0.15) is 0 Å². The highest BCUT2D eigenvalue weighted by molar-refractivity contribution is 9.10. The standard InChI is InChI=1S/C20H27BrN6O/c1-4-25(5-2)10-11-27-18-9-7-6-8-17(18)23-20(27)24-19(28)15(3)13-26-14-16(21)12-22-26/h6-9,12,14-15H,4-5,10-11,13H2,1-3H3,(H,23,24,28). The first-order chi connectivity index (χ1) is 13.5. The van der Waals surface area contributed by atoms with Gasteiger partial charge in [-0.25, -0.2) is 4.98 Å². The summed E-state index contributed by atoms with van der Waals surface area (Å²) in [6.45, 7) is 10.4. The van der Waals surface area contributed by atoms with Crippen LogP contribution in [-0.2, 0) is 17.9 Å². The van der Waals surface area contributed by atoms with Crippen LogP contribution in [0.15, 0.2) is 41.1 Å². The van der Waals surface area contributed by atoms with E-state index in [9.17, 15) is 4.79 Å². The van der Waals surface area contributed by atoms with Crippen molar-refractivity contribution >= 4 is 38.8 Å². The van der Waals surface area contributed by atoms with Crippen molar-refractivity contribution in [2.24, 2.45) is 5.92 Å². The molecule has 2 heterocycles. The summed E-state index contributed by atoms with van der Waals surface area (Å²) in [7, 11) is 0. The zero-order chi connectivity index (χ0) is 20.1. The second-order valence-electron chi connectivity index (χ2n) is 6.87. The van der Waals surface area contributed by atoms with Gasteiger partial charge in [0.2, 0.25) is 11.9 Å². The van der Waals surface area contributed by atoms with Gasteiger partial charge in [0.15, 0.2) is 0 Å². The molecule has 1 unspecified atom stereocenters. The first-order valence-corrected chi connectivity index (χ1v) is 10.5. The van der Waals surface area contributed by atoms with Gasteiger partial charge in [-0.2, -0.15) is 5.10 Å². The molecule has 3 rings (SSSR count).